The molecule has 0 bridgehead atoms. The molecule has 2 aromatic rings. The highest BCUT2D eigenvalue weighted by Crippen LogP contribution is 2.48. The Balaban J connectivity index is 1.71. The number of carbonyl (C=O) groups is 1. The first kappa shape index (κ1) is 27.0. The average molecular weight is 518 g/mol. The van der Waals surface area contributed by atoms with E-state index >= 15 is 0 Å². The molecule has 1 saturated carbocycles. The Morgan fingerprint density at radius 3 is 2.51 bits per heavy atom. The highest BCUT2D eigenvalue weighted by Gasteiger charge is 2.55. The normalized spacial score (nSPS) is 27.0. The van der Waals surface area contributed by atoms with Gasteiger partial charge in [-0.3, -0.25) is 0 Å². The van der Waals surface area contributed by atoms with Gasteiger partial charge in [-0.15, -0.1) is 0 Å². The predicted molar refractivity (Wildman–Crippen MR) is 133 cm³/mol. The molecule has 3 N–H and O–H groups in total. The number of carbonyl (C=O) groups excluding carboxylic acids is 1. The topological polar surface area (TPSA) is 125 Å². The molecular weight excluding hydrogens is 482 g/mol. The van der Waals surface area contributed by atoms with Crippen LogP contribution >= 0.6 is 0 Å². The number of hydrogen-bond donors (Lipinski definition) is 3. The van der Waals surface area contributed by atoms with Crippen molar-refractivity contribution < 1.29 is 43.4 Å². The molecule has 5 atom stereocenters. The van der Waals surface area contributed by atoms with Gasteiger partial charge in [-0.25, -0.2) is 4.79 Å². The molecule has 4 rings (SSSR count). The van der Waals surface area contributed by atoms with Crippen LogP contribution in [-0.4, -0.2) is 67.0 Å². The molecule has 0 unspecified atom stereocenters. The molecule has 1 amide bonds. The van der Waals surface area contributed by atoms with Crippen LogP contribution in [0.2, 0.25) is 0 Å². The molecule has 0 radical (unpaired) electrons. The lowest BCUT2D eigenvalue weighted by Gasteiger charge is -2.49. The van der Waals surface area contributed by atoms with Gasteiger partial charge in [-0.05, 0) is 44.0 Å². The number of nitrogens with one attached hydrogen (secondary N) is 1. The molecule has 1 fully saturated rings. The number of methoxy groups -OCH3 is 2. The standard InChI is InChI=1S/C27H35NO9/c1-26(2,3)37-25(31)28-21-18(17-11-19(32-4)23-20(12-17)34-15-35-23)13-27(33-5,24(30)22(21)29)36-14-16-9-7-6-8-10-16/h6-12,18,21-22,24,29-30H,13-15H2,1-5H3,(H,28,31)/t18-,21-,22+,24+,27-/m1/s1. The zero-order valence-corrected chi connectivity index (χ0v) is 21.7. The monoisotopic (exact) mass is 517 g/mol. The second-order valence-corrected chi connectivity index (χ2v) is 10.2. The number of aliphatic hydroxyl groups excluding tert-OH is 2. The molecule has 10 heteroatoms. The Hall–Kier alpha value is -3.05. The highest BCUT2D eigenvalue weighted by molar-refractivity contribution is 5.68. The van der Waals surface area contributed by atoms with Crippen LogP contribution in [0, 0.1) is 0 Å². The van der Waals surface area contributed by atoms with E-state index in [1.807, 2.05) is 30.3 Å². The number of alkyl carbamates (subject to hydrolysis) is 1. The minimum atomic E-state index is -1.57. The Morgan fingerprint density at radius 2 is 1.86 bits per heavy atom. The Morgan fingerprint density at radius 1 is 1.14 bits per heavy atom. The van der Waals surface area contributed by atoms with Crippen molar-refractivity contribution in [3.8, 4) is 17.2 Å². The zero-order chi connectivity index (χ0) is 26.8. The number of hydrogen-bond acceptors (Lipinski definition) is 9. The summed E-state index contributed by atoms with van der Waals surface area (Å²) in [4.78, 5) is 12.7. The van der Waals surface area contributed by atoms with Crippen molar-refractivity contribution >= 4 is 6.09 Å². The third-order valence-electron chi connectivity index (χ3n) is 6.54. The van der Waals surface area contributed by atoms with E-state index in [4.69, 9.17) is 28.4 Å². The average Bonchev–Trinajstić information content (AvgIpc) is 3.34. The number of aliphatic hydroxyl groups is 2. The van der Waals surface area contributed by atoms with E-state index in [-0.39, 0.29) is 19.8 Å². The van der Waals surface area contributed by atoms with E-state index < -0.39 is 41.6 Å². The van der Waals surface area contributed by atoms with Crippen LogP contribution in [0.25, 0.3) is 0 Å². The van der Waals surface area contributed by atoms with Gasteiger partial charge in [0.1, 0.15) is 17.8 Å². The van der Waals surface area contributed by atoms with Crippen LogP contribution < -0.4 is 19.5 Å². The maximum absolute atomic E-state index is 12.7. The maximum Gasteiger partial charge on any atom is 0.407 e. The van der Waals surface area contributed by atoms with Crippen LogP contribution in [0.4, 0.5) is 4.79 Å². The van der Waals surface area contributed by atoms with Gasteiger partial charge < -0.3 is 44.0 Å². The number of ether oxygens (including phenoxy) is 6. The van der Waals surface area contributed by atoms with Crippen molar-refractivity contribution in [1.29, 1.82) is 0 Å². The Labute approximate surface area is 216 Å². The second kappa shape index (κ2) is 10.7. The summed E-state index contributed by atoms with van der Waals surface area (Å²) in [6.45, 7) is 5.41. The van der Waals surface area contributed by atoms with Gasteiger partial charge in [0.05, 0.1) is 19.8 Å². The first-order valence-electron chi connectivity index (χ1n) is 12.1. The molecular formula is C27H35NO9. The summed E-state index contributed by atoms with van der Waals surface area (Å²) in [7, 11) is 2.93. The van der Waals surface area contributed by atoms with Gasteiger partial charge >= 0.3 is 6.09 Å². The van der Waals surface area contributed by atoms with E-state index in [9.17, 15) is 15.0 Å². The number of amides is 1. The second-order valence-electron chi connectivity index (χ2n) is 10.2. The number of benzene rings is 2. The fourth-order valence-corrected chi connectivity index (χ4v) is 4.75. The summed E-state index contributed by atoms with van der Waals surface area (Å²) >= 11 is 0. The van der Waals surface area contributed by atoms with Crippen molar-refractivity contribution in [1.82, 2.24) is 5.32 Å². The van der Waals surface area contributed by atoms with Crippen LogP contribution in [0.5, 0.6) is 17.2 Å². The lowest BCUT2D eigenvalue weighted by Crippen LogP contribution is -2.66. The Kier molecular flexibility index (Phi) is 7.84. The molecule has 1 heterocycles. The third-order valence-corrected chi connectivity index (χ3v) is 6.54. The molecule has 2 aromatic carbocycles. The first-order chi connectivity index (χ1) is 17.6. The van der Waals surface area contributed by atoms with Gasteiger partial charge in [0.2, 0.25) is 12.5 Å². The summed E-state index contributed by atoms with van der Waals surface area (Å²) in [6, 6.07) is 12.0. The quantitative estimate of drug-likeness (QED) is 0.475. The predicted octanol–water partition coefficient (Wildman–Crippen LogP) is 3.09. The molecule has 0 saturated heterocycles. The van der Waals surface area contributed by atoms with Crippen LogP contribution in [-0.2, 0) is 20.8 Å². The molecule has 10 nitrogen and oxygen atoms in total. The summed E-state index contributed by atoms with van der Waals surface area (Å²) in [5.74, 6) is -0.785. The minimum absolute atomic E-state index is 0.0446. The maximum atomic E-state index is 12.7. The lowest BCUT2D eigenvalue weighted by atomic mass is 9.73. The molecule has 1 aliphatic heterocycles. The van der Waals surface area contributed by atoms with E-state index in [2.05, 4.69) is 5.32 Å². The van der Waals surface area contributed by atoms with Crippen LogP contribution in [0.15, 0.2) is 42.5 Å². The van der Waals surface area contributed by atoms with Crippen molar-refractivity contribution in [3.63, 3.8) is 0 Å². The first-order valence-corrected chi connectivity index (χ1v) is 12.1. The minimum Gasteiger partial charge on any atom is -0.493 e. The van der Waals surface area contributed by atoms with Crippen LogP contribution in [0.3, 0.4) is 0 Å². The summed E-state index contributed by atoms with van der Waals surface area (Å²) in [5.41, 5.74) is 0.781. The van der Waals surface area contributed by atoms with E-state index in [1.165, 1.54) is 14.2 Å². The molecule has 2 aliphatic rings. The van der Waals surface area contributed by atoms with Crippen molar-refractivity contribution in [2.75, 3.05) is 21.0 Å². The van der Waals surface area contributed by atoms with Gasteiger partial charge in [-0.1, -0.05) is 30.3 Å². The summed E-state index contributed by atoms with van der Waals surface area (Å²) < 4.78 is 34.0. The fourth-order valence-electron chi connectivity index (χ4n) is 4.75. The van der Waals surface area contributed by atoms with Crippen molar-refractivity contribution in [2.45, 2.75) is 69.4 Å². The van der Waals surface area contributed by atoms with Crippen molar-refractivity contribution in [3.05, 3.63) is 53.6 Å². The van der Waals surface area contributed by atoms with Crippen molar-refractivity contribution in [2.24, 2.45) is 0 Å². The van der Waals surface area contributed by atoms with Gasteiger partial charge in [-0.2, -0.15) is 0 Å². The summed E-state index contributed by atoms with van der Waals surface area (Å²) in [6.07, 6.45) is -3.57. The molecule has 0 aromatic heterocycles. The number of rotatable bonds is 7. The molecule has 0 spiro atoms. The van der Waals surface area contributed by atoms with Gasteiger partial charge in [0, 0.05) is 19.4 Å². The van der Waals surface area contributed by atoms with Gasteiger partial charge in [0.25, 0.3) is 0 Å². The zero-order valence-electron chi connectivity index (χ0n) is 21.7. The lowest BCUT2D eigenvalue weighted by molar-refractivity contribution is -0.313. The number of fused-ring (bicyclic) bond motifs is 1. The molecule has 1 aliphatic carbocycles. The van der Waals surface area contributed by atoms with Crippen LogP contribution in [0.1, 0.15) is 44.2 Å². The molecule has 37 heavy (non-hydrogen) atoms. The smallest absolute Gasteiger partial charge is 0.407 e. The highest BCUT2D eigenvalue weighted by atomic mass is 16.7. The largest absolute Gasteiger partial charge is 0.493 e. The fraction of sp³-hybridized carbons (Fsp3) is 0.519. The van der Waals surface area contributed by atoms with Gasteiger partial charge in [0.15, 0.2) is 17.3 Å². The molecule has 202 valence electrons. The third kappa shape index (κ3) is 5.77. The van der Waals surface area contributed by atoms with E-state index in [0.29, 0.717) is 22.8 Å². The summed E-state index contributed by atoms with van der Waals surface area (Å²) in [5, 5.41) is 25.3. The SMILES string of the molecule is COc1cc([C@H]2C[C@@](OC)(OCc3ccccc3)[C@@H](O)[C@@H](O)[C@@H]2NC(=O)OC(C)(C)C)cc2c1OCO2. The Bertz CT molecular complexity index is 1090. The van der Waals surface area contributed by atoms with E-state index in [1.54, 1.807) is 32.9 Å². The van der Waals surface area contributed by atoms with E-state index in [0.717, 1.165) is 5.56 Å².